The van der Waals surface area contributed by atoms with Gasteiger partial charge in [-0.15, -0.1) is 13.2 Å². The first-order valence-corrected chi connectivity index (χ1v) is 8.29. The van der Waals surface area contributed by atoms with Crippen LogP contribution in [0, 0.1) is 11.6 Å². The minimum Gasteiger partial charge on any atom is -0.406 e. The molecule has 136 valence electrons. The van der Waals surface area contributed by atoms with E-state index in [1.807, 2.05) is 0 Å². The van der Waals surface area contributed by atoms with E-state index < -0.39 is 39.8 Å². The summed E-state index contributed by atoms with van der Waals surface area (Å²) in [7, 11) is -4.14. The fourth-order valence-electron chi connectivity index (χ4n) is 2.04. The Balaban J connectivity index is 2.18. The summed E-state index contributed by atoms with van der Waals surface area (Å²) in [6.45, 7) is 1.34. The quantitative estimate of drug-likeness (QED) is 0.800. The zero-order chi connectivity index (χ0) is 18.8. The van der Waals surface area contributed by atoms with E-state index in [0.717, 1.165) is 36.4 Å². The van der Waals surface area contributed by atoms with Gasteiger partial charge in [0.25, 0.3) is 0 Å². The second-order valence-corrected chi connectivity index (χ2v) is 6.74. The van der Waals surface area contributed by atoms with Gasteiger partial charge in [0.2, 0.25) is 10.0 Å². The fourth-order valence-corrected chi connectivity index (χ4v) is 3.26. The van der Waals surface area contributed by atoms with Crippen LogP contribution in [0.2, 0.25) is 0 Å². The lowest BCUT2D eigenvalue weighted by Gasteiger charge is -2.16. The molecular formula is C15H12F5NO3S. The molecular weight excluding hydrogens is 369 g/mol. The average molecular weight is 381 g/mol. The van der Waals surface area contributed by atoms with Crippen molar-refractivity contribution in [1.82, 2.24) is 4.72 Å². The minimum atomic E-state index is -4.90. The molecule has 2 aromatic rings. The zero-order valence-corrected chi connectivity index (χ0v) is 13.5. The number of halogens is 5. The predicted octanol–water partition coefficient (Wildman–Crippen LogP) is 3.90. The van der Waals surface area contributed by atoms with Gasteiger partial charge in [0.15, 0.2) is 0 Å². The molecule has 0 saturated carbocycles. The topological polar surface area (TPSA) is 55.4 Å². The average Bonchev–Trinajstić information content (AvgIpc) is 2.45. The number of benzene rings is 2. The molecule has 0 heterocycles. The van der Waals surface area contributed by atoms with Crippen LogP contribution in [0.1, 0.15) is 18.5 Å². The molecule has 4 nitrogen and oxygen atoms in total. The second-order valence-electron chi connectivity index (χ2n) is 5.03. The third-order valence-corrected chi connectivity index (χ3v) is 4.69. The van der Waals surface area contributed by atoms with Crippen LogP contribution >= 0.6 is 0 Å². The maximum atomic E-state index is 13.7. The normalized spacial score (nSPS) is 13.5. The first-order chi connectivity index (χ1) is 11.5. The molecule has 25 heavy (non-hydrogen) atoms. The maximum absolute atomic E-state index is 13.7. The Hall–Kier alpha value is -2.20. The van der Waals surface area contributed by atoms with Crippen molar-refractivity contribution in [3.63, 3.8) is 0 Å². The highest BCUT2D eigenvalue weighted by Gasteiger charge is 2.31. The van der Waals surface area contributed by atoms with Crippen LogP contribution in [0.4, 0.5) is 22.0 Å². The van der Waals surface area contributed by atoms with Gasteiger partial charge in [-0.3, -0.25) is 0 Å². The number of nitrogens with one attached hydrogen (secondary N) is 1. The number of alkyl halides is 3. The standard InChI is InChI=1S/C15H12F5NO3S/c1-9(13-7-2-10(16)8-14(13)17)21-25(22,23)12-5-3-11(4-6-12)24-15(18,19)20/h2-9,21H,1H3. The van der Waals surface area contributed by atoms with Gasteiger partial charge in [0, 0.05) is 17.7 Å². The Bertz CT molecular complexity index is 850. The molecule has 2 rings (SSSR count). The van der Waals surface area contributed by atoms with Gasteiger partial charge < -0.3 is 4.74 Å². The van der Waals surface area contributed by atoms with Crippen molar-refractivity contribution in [3.05, 3.63) is 59.7 Å². The van der Waals surface area contributed by atoms with Crippen LogP contribution in [0.15, 0.2) is 47.4 Å². The van der Waals surface area contributed by atoms with Gasteiger partial charge in [0.1, 0.15) is 17.4 Å². The summed E-state index contributed by atoms with van der Waals surface area (Å²) in [4.78, 5) is -0.337. The summed E-state index contributed by atoms with van der Waals surface area (Å²) < 4.78 is 93.1. The zero-order valence-electron chi connectivity index (χ0n) is 12.6. The van der Waals surface area contributed by atoms with E-state index in [1.54, 1.807) is 0 Å². The molecule has 0 bridgehead atoms. The first kappa shape index (κ1) is 19.1. The van der Waals surface area contributed by atoms with Crippen molar-refractivity contribution in [2.45, 2.75) is 24.2 Å². The molecule has 0 radical (unpaired) electrons. The number of hydrogen-bond acceptors (Lipinski definition) is 3. The number of ether oxygens (including phenoxy) is 1. The second kappa shape index (κ2) is 6.96. The highest BCUT2D eigenvalue weighted by Crippen LogP contribution is 2.25. The van der Waals surface area contributed by atoms with E-state index >= 15 is 0 Å². The smallest absolute Gasteiger partial charge is 0.406 e. The van der Waals surface area contributed by atoms with Crippen molar-refractivity contribution < 1.29 is 35.1 Å². The van der Waals surface area contributed by atoms with E-state index in [2.05, 4.69) is 9.46 Å². The fraction of sp³-hybridized carbons (Fsp3) is 0.200. The van der Waals surface area contributed by atoms with Crippen LogP contribution < -0.4 is 9.46 Å². The van der Waals surface area contributed by atoms with Gasteiger partial charge in [-0.2, -0.15) is 0 Å². The molecule has 0 aliphatic rings. The third-order valence-electron chi connectivity index (χ3n) is 3.13. The van der Waals surface area contributed by atoms with Gasteiger partial charge >= 0.3 is 6.36 Å². The van der Waals surface area contributed by atoms with Crippen LogP contribution in [-0.2, 0) is 10.0 Å². The summed E-state index contributed by atoms with van der Waals surface area (Å²) >= 11 is 0. The SMILES string of the molecule is CC(NS(=O)(=O)c1ccc(OC(F)(F)F)cc1)c1ccc(F)cc1F. The van der Waals surface area contributed by atoms with Gasteiger partial charge in [-0.1, -0.05) is 6.07 Å². The van der Waals surface area contributed by atoms with Crippen LogP contribution in [0.3, 0.4) is 0 Å². The summed E-state index contributed by atoms with van der Waals surface area (Å²) in [5, 5.41) is 0. The molecule has 0 spiro atoms. The Morgan fingerprint density at radius 1 is 1.04 bits per heavy atom. The molecule has 0 aromatic heterocycles. The van der Waals surface area contributed by atoms with Crippen LogP contribution in [0.25, 0.3) is 0 Å². The summed E-state index contributed by atoms with van der Waals surface area (Å²) in [5.41, 5.74) is -0.0815. The van der Waals surface area contributed by atoms with Gasteiger partial charge in [-0.05, 0) is 37.3 Å². The number of rotatable bonds is 5. The Morgan fingerprint density at radius 3 is 2.16 bits per heavy atom. The van der Waals surface area contributed by atoms with E-state index in [9.17, 15) is 30.4 Å². The van der Waals surface area contributed by atoms with Crippen molar-refractivity contribution in [2.24, 2.45) is 0 Å². The van der Waals surface area contributed by atoms with Gasteiger partial charge in [0.05, 0.1) is 4.90 Å². The minimum absolute atomic E-state index is 0.0815. The van der Waals surface area contributed by atoms with Crippen molar-refractivity contribution in [1.29, 1.82) is 0 Å². The van der Waals surface area contributed by atoms with Crippen molar-refractivity contribution in [3.8, 4) is 5.75 Å². The summed E-state index contributed by atoms with van der Waals surface area (Å²) in [5.74, 6) is -2.32. The largest absolute Gasteiger partial charge is 0.573 e. The molecule has 0 aliphatic carbocycles. The van der Waals surface area contributed by atoms with E-state index in [4.69, 9.17) is 0 Å². The first-order valence-electron chi connectivity index (χ1n) is 6.81. The molecule has 0 saturated heterocycles. The summed E-state index contributed by atoms with van der Waals surface area (Å²) in [6, 6.07) is 5.16. The van der Waals surface area contributed by atoms with Crippen molar-refractivity contribution in [2.75, 3.05) is 0 Å². The molecule has 0 aliphatic heterocycles. The number of sulfonamides is 1. The summed E-state index contributed by atoms with van der Waals surface area (Å²) in [6.07, 6.45) is -4.90. The monoisotopic (exact) mass is 381 g/mol. The highest BCUT2D eigenvalue weighted by molar-refractivity contribution is 7.89. The molecule has 0 amide bonds. The third kappa shape index (κ3) is 5.13. The number of hydrogen-bond donors (Lipinski definition) is 1. The van der Waals surface area contributed by atoms with Crippen molar-refractivity contribution >= 4 is 10.0 Å². The Labute approximate surface area is 140 Å². The van der Waals surface area contributed by atoms with E-state index in [0.29, 0.717) is 6.07 Å². The van der Waals surface area contributed by atoms with E-state index in [-0.39, 0.29) is 10.5 Å². The van der Waals surface area contributed by atoms with Crippen LogP contribution in [-0.4, -0.2) is 14.8 Å². The molecule has 1 atom stereocenters. The molecule has 1 N–H and O–H groups in total. The lowest BCUT2D eigenvalue weighted by Crippen LogP contribution is -2.27. The lowest BCUT2D eigenvalue weighted by molar-refractivity contribution is -0.274. The molecule has 2 aromatic carbocycles. The molecule has 0 fully saturated rings. The highest BCUT2D eigenvalue weighted by atomic mass is 32.2. The van der Waals surface area contributed by atoms with E-state index in [1.165, 1.54) is 6.92 Å². The predicted molar refractivity (Wildman–Crippen MR) is 78.2 cm³/mol. The molecule has 10 heteroatoms. The lowest BCUT2D eigenvalue weighted by atomic mass is 10.1. The Kier molecular flexibility index (Phi) is 5.33. The van der Waals surface area contributed by atoms with Gasteiger partial charge in [-0.25, -0.2) is 21.9 Å². The molecule has 1 unspecified atom stereocenters. The van der Waals surface area contributed by atoms with Crippen LogP contribution in [0.5, 0.6) is 5.75 Å². The maximum Gasteiger partial charge on any atom is 0.573 e. The Morgan fingerprint density at radius 2 is 1.64 bits per heavy atom.